The molecular weight excluding hydrogens is 432 g/mol. The van der Waals surface area contributed by atoms with Crippen LogP contribution in [0.25, 0.3) is 11.1 Å². The second-order valence-electron chi connectivity index (χ2n) is 7.22. The zero-order valence-electron chi connectivity index (χ0n) is 16.8. The van der Waals surface area contributed by atoms with Gasteiger partial charge >= 0.3 is 12.1 Å². The maximum atomic E-state index is 12.4. The zero-order chi connectivity index (χ0) is 22.7. The van der Waals surface area contributed by atoms with Gasteiger partial charge in [0, 0.05) is 11.5 Å². The van der Waals surface area contributed by atoms with E-state index in [0.29, 0.717) is 0 Å². The largest absolute Gasteiger partial charge is 0.480 e. The average molecular weight is 451 g/mol. The summed E-state index contributed by atoms with van der Waals surface area (Å²) in [4.78, 5) is 34.9. The van der Waals surface area contributed by atoms with E-state index in [0.717, 1.165) is 22.3 Å². The highest BCUT2D eigenvalue weighted by Gasteiger charge is 2.29. The summed E-state index contributed by atoms with van der Waals surface area (Å²) < 4.78 is 5.49. The van der Waals surface area contributed by atoms with Crippen molar-refractivity contribution in [3.05, 3.63) is 88.4 Å². The quantitative estimate of drug-likeness (QED) is 0.512. The van der Waals surface area contributed by atoms with E-state index in [1.807, 2.05) is 36.4 Å². The monoisotopic (exact) mass is 450 g/mol. The number of halogens is 1. The second kappa shape index (κ2) is 9.11. The number of fused-ring (bicyclic) bond motifs is 3. The summed E-state index contributed by atoms with van der Waals surface area (Å²) in [7, 11) is 0. The molecule has 0 aliphatic heterocycles. The van der Waals surface area contributed by atoms with Crippen LogP contribution in [0.15, 0.2) is 66.7 Å². The van der Waals surface area contributed by atoms with Gasteiger partial charge in [0.15, 0.2) is 0 Å². The predicted octanol–water partition coefficient (Wildman–Crippen LogP) is 4.52. The van der Waals surface area contributed by atoms with E-state index in [9.17, 15) is 14.4 Å². The maximum Gasteiger partial charge on any atom is 0.411 e. The molecule has 0 radical (unpaired) electrons. The normalized spacial score (nSPS) is 11.9. The smallest absolute Gasteiger partial charge is 0.411 e. The number of hydrogen-bond acceptors (Lipinski definition) is 4. The van der Waals surface area contributed by atoms with Gasteiger partial charge in [0.25, 0.3) is 5.91 Å². The van der Waals surface area contributed by atoms with Crippen LogP contribution in [-0.2, 0) is 9.53 Å². The summed E-state index contributed by atoms with van der Waals surface area (Å²) in [6, 6.07) is 20.3. The van der Waals surface area contributed by atoms with Crippen molar-refractivity contribution >= 4 is 35.3 Å². The van der Waals surface area contributed by atoms with Crippen LogP contribution < -0.4 is 10.6 Å². The van der Waals surface area contributed by atoms with Crippen LogP contribution in [0.3, 0.4) is 0 Å². The van der Waals surface area contributed by atoms with Gasteiger partial charge in [-0.2, -0.15) is 0 Å². The van der Waals surface area contributed by atoms with Crippen molar-refractivity contribution in [3.63, 3.8) is 0 Å². The molecule has 0 aromatic heterocycles. The van der Waals surface area contributed by atoms with E-state index in [2.05, 4.69) is 22.8 Å². The maximum absolute atomic E-state index is 12.4. The van der Waals surface area contributed by atoms with Crippen LogP contribution in [0.4, 0.5) is 10.5 Å². The fourth-order valence-electron chi connectivity index (χ4n) is 3.76. The van der Waals surface area contributed by atoms with Gasteiger partial charge in [-0.15, -0.1) is 0 Å². The number of ether oxygens (including phenoxy) is 1. The molecule has 2 amide bonds. The molecule has 1 aliphatic rings. The van der Waals surface area contributed by atoms with Crippen LogP contribution in [0, 0.1) is 0 Å². The molecule has 162 valence electrons. The molecule has 0 atom stereocenters. The Hall–Kier alpha value is -3.84. The molecule has 0 fully saturated rings. The molecule has 4 rings (SSSR count). The molecule has 0 saturated carbocycles. The number of hydrogen-bond donors (Lipinski definition) is 3. The molecule has 3 aromatic carbocycles. The highest BCUT2D eigenvalue weighted by atomic mass is 35.5. The lowest BCUT2D eigenvalue weighted by molar-refractivity contribution is -0.135. The minimum absolute atomic E-state index is 0.0658. The molecule has 0 saturated heterocycles. The van der Waals surface area contributed by atoms with Gasteiger partial charge in [0.05, 0.1) is 10.7 Å². The average Bonchev–Trinajstić information content (AvgIpc) is 3.11. The number of benzene rings is 3. The first-order valence-corrected chi connectivity index (χ1v) is 10.2. The summed E-state index contributed by atoms with van der Waals surface area (Å²) in [6.45, 7) is -0.344. The lowest BCUT2D eigenvalue weighted by Crippen LogP contribution is -2.29. The van der Waals surface area contributed by atoms with Crippen LogP contribution in [0.5, 0.6) is 0 Å². The SMILES string of the molecule is O=C(O)CNC(=O)c1ccc(NC(=O)OCC2c3ccccc3-c3ccccc32)c(Cl)c1. The van der Waals surface area contributed by atoms with E-state index in [1.165, 1.54) is 18.2 Å². The molecule has 0 bridgehead atoms. The van der Waals surface area contributed by atoms with Crippen molar-refractivity contribution < 1.29 is 24.2 Å². The second-order valence-corrected chi connectivity index (χ2v) is 7.63. The van der Waals surface area contributed by atoms with Gasteiger partial charge in [-0.3, -0.25) is 14.9 Å². The lowest BCUT2D eigenvalue weighted by Gasteiger charge is -2.15. The number of rotatable bonds is 6. The Bertz CT molecular complexity index is 1160. The number of carbonyl (C=O) groups is 3. The Kier molecular flexibility index (Phi) is 6.09. The predicted molar refractivity (Wildman–Crippen MR) is 120 cm³/mol. The van der Waals surface area contributed by atoms with Crippen molar-refractivity contribution in [2.45, 2.75) is 5.92 Å². The first-order valence-electron chi connectivity index (χ1n) is 9.85. The van der Waals surface area contributed by atoms with Crippen LogP contribution in [-0.4, -0.2) is 36.2 Å². The molecule has 32 heavy (non-hydrogen) atoms. The number of nitrogens with one attached hydrogen (secondary N) is 2. The highest BCUT2D eigenvalue weighted by molar-refractivity contribution is 6.34. The Balaban J connectivity index is 1.41. The summed E-state index contributed by atoms with van der Waals surface area (Å²) in [5, 5.41) is 13.6. The third-order valence-corrected chi connectivity index (χ3v) is 5.52. The van der Waals surface area contributed by atoms with E-state index < -0.39 is 24.5 Å². The van der Waals surface area contributed by atoms with Gasteiger partial charge in [0.2, 0.25) is 0 Å². The van der Waals surface area contributed by atoms with Crippen molar-refractivity contribution in [3.8, 4) is 11.1 Å². The minimum atomic E-state index is -1.15. The Morgan fingerprint density at radius 1 is 0.938 bits per heavy atom. The highest BCUT2D eigenvalue weighted by Crippen LogP contribution is 2.44. The summed E-state index contributed by atoms with van der Waals surface area (Å²) in [5.74, 6) is -1.80. The number of amides is 2. The van der Waals surface area contributed by atoms with Gasteiger partial charge in [0.1, 0.15) is 13.2 Å². The molecule has 3 N–H and O–H groups in total. The molecule has 0 unspecified atom stereocenters. The molecule has 0 spiro atoms. The van der Waals surface area contributed by atoms with Crippen molar-refractivity contribution in [1.82, 2.24) is 5.32 Å². The van der Waals surface area contributed by atoms with E-state index in [1.54, 1.807) is 0 Å². The Morgan fingerprint density at radius 3 is 2.16 bits per heavy atom. The van der Waals surface area contributed by atoms with E-state index in [4.69, 9.17) is 21.4 Å². The number of carboxylic acid groups (broad SMARTS) is 1. The number of aliphatic carboxylic acids is 1. The summed E-state index contributed by atoms with van der Waals surface area (Å²) >= 11 is 6.17. The van der Waals surface area contributed by atoms with Gasteiger partial charge in [-0.1, -0.05) is 60.1 Å². The van der Waals surface area contributed by atoms with Crippen LogP contribution >= 0.6 is 11.6 Å². The number of carboxylic acids is 1. The summed E-state index contributed by atoms with van der Waals surface area (Å²) in [5.41, 5.74) is 4.94. The Labute approximate surface area is 189 Å². The van der Waals surface area contributed by atoms with Gasteiger partial charge in [-0.25, -0.2) is 4.79 Å². The molecular formula is C24H19ClN2O5. The number of anilines is 1. The van der Waals surface area contributed by atoms with Crippen molar-refractivity contribution in [1.29, 1.82) is 0 Å². The van der Waals surface area contributed by atoms with Gasteiger partial charge in [-0.05, 0) is 40.5 Å². The van der Waals surface area contributed by atoms with Crippen molar-refractivity contribution in [2.75, 3.05) is 18.5 Å². The lowest BCUT2D eigenvalue weighted by atomic mass is 9.98. The molecule has 0 heterocycles. The molecule has 3 aromatic rings. The van der Waals surface area contributed by atoms with Crippen molar-refractivity contribution in [2.24, 2.45) is 0 Å². The third kappa shape index (κ3) is 4.43. The fourth-order valence-corrected chi connectivity index (χ4v) is 3.99. The van der Waals surface area contributed by atoms with Crippen LogP contribution in [0.1, 0.15) is 27.4 Å². The third-order valence-electron chi connectivity index (χ3n) is 5.21. The topological polar surface area (TPSA) is 105 Å². The zero-order valence-corrected chi connectivity index (χ0v) is 17.6. The van der Waals surface area contributed by atoms with Gasteiger partial charge < -0.3 is 15.2 Å². The van der Waals surface area contributed by atoms with Crippen LogP contribution in [0.2, 0.25) is 5.02 Å². The molecule has 7 nitrogen and oxygen atoms in total. The first-order chi connectivity index (χ1) is 15.4. The Morgan fingerprint density at radius 2 is 1.56 bits per heavy atom. The first kappa shape index (κ1) is 21.4. The standard InChI is InChI=1S/C24H19ClN2O5/c25-20-11-14(23(30)26-12-22(28)29)9-10-21(20)27-24(31)32-13-19-17-7-3-1-5-15(17)16-6-2-4-8-18(16)19/h1-11,19H,12-13H2,(H,26,30)(H,27,31)(H,28,29). The van der Waals surface area contributed by atoms with E-state index >= 15 is 0 Å². The minimum Gasteiger partial charge on any atom is -0.480 e. The molecule has 1 aliphatic carbocycles. The van der Waals surface area contributed by atoms with E-state index in [-0.39, 0.29) is 28.8 Å². The molecule has 8 heteroatoms. The number of carbonyl (C=O) groups excluding carboxylic acids is 2. The summed E-state index contributed by atoms with van der Waals surface area (Å²) in [6.07, 6.45) is -0.670. The fraction of sp³-hybridized carbons (Fsp3) is 0.125.